The molecule has 0 unspecified atom stereocenters. The third kappa shape index (κ3) is 6.46. The molecule has 1 heterocycles. The minimum atomic E-state index is -0.0753. The summed E-state index contributed by atoms with van der Waals surface area (Å²) in [6, 6.07) is 19.3. The zero-order valence-corrected chi connectivity index (χ0v) is 17.0. The van der Waals surface area contributed by atoms with Crippen molar-refractivity contribution in [2.24, 2.45) is 7.05 Å². The molecule has 1 aromatic heterocycles. The molecule has 3 rings (SSSR count). The number of thioether (sulfide) groups is 1. The van der Waals surface area contributed by atoms with Gasteiger partial charge in [-0.25, -0.2) is 0 Å². The van der Waals surface area contributed by atoms with E-state index in [1.54, 1.807) is 4.57 Å². The number of hydrogen-bond donors (Lipinski definition) is 2. The molecule has 2 aromatic carbocycles. The van der Waals surface area contributed by atoms with Crippen LogP contribution in [-0.2, 0) is 36.1 Å². The highest BCUT2D eigenvalue weighted by atomic mass is 32.2. The summed E-state index contributed by atoms with van der Waals surface area (Å²) in [5.74, 6) is 0.742. The van der Waals surface area contributed by atoms with Gasteiger partial charge in [-0.3, -0.25) is 9.59 Å². The van der Waals surface area contributed by atoms with E-state index >= 15 is 0 Å². The van der Waals surface area contributed by atoms with Crippen molar-refractivity contribution in [1.29, 1.82) is 0 Å². The van der Waals surface area contributed by atoms with Crippen LogP contribution in [0.4, 0.5) is 0 Å². The van der Waals surface area contributed by atoms with Crippen molar-refractivity contribution in [2.45, 2.75) is 24.7 Å². The number of carbonyl (C=O) groups excluding carboxylic acids is 2. The lowest BCUT2D eigenvalue weighted by molar-refractivity contribution is -0.120. The number of carbonyl (C=O) groups is 2. The molecule has 0 saturated carbocycles. The van der Waals surface area contributed by atoms with E-state index in [0.29, 0.717) is 23.9 Å². The summed E-state index contributed by atoms with van der Waals surface area (Å²) in [5, 5.41) is 14.6. The van der Waals surface area contributed by atoms with Gasteiger partial charge in [-0.15, -0.1) is 10.2 Å². The molecule has 8 heteroatoms. The number of aromatic nitrogens is 3. The van der Waals surface area contributed by atoms with Gasteiger partial charge < -0.3 is 15.2 Å². The van der Waals surface area contributed by atoms with Crippen LogP contribution in [0, 0.1) is 0 Å². The van der Waals surface area contributed by atoms with Crippen LogP contribution in [0.5, 0.6) is 0 Å². The maximum absolute atomic E-state index is 12.1. The second-order valence-corrected chi connectivity index (χ2v) is 7.39. The number of hydrogen-bond acceptors (Lipinski definition) is 5. The molecule has 0 aliphatic heterocycles. The summed E-state index contributed by atoms with van der Waals surface area (Å²) in [6.07, 6.45) is 0.321. The van der Waals surface area contributed by atoms with Gasteiger partial charge in [0.25, 0.3) is 0 Å². The highest BCUT2D eigenvalue weighted by Gasteiger charge is 2.12. The van der Waals surface area contributed by atoms with Gasteiger partial charge in [0.2, 0.25) is 11.8 Å². The Balaban J connectivity index is 1.42. The Kier molecular flexibility index (Phi) is 7.40. The van der Waals surface area contributed by atoms with Crippen LogP contribution in [-0.4, -0.2) is 32.3 Å². The average molecular weight is 410 g/mol. The van der Waals surface area contributed by atoms with Crippen molar-refractivity contribution in [3.63, 3.8) is 0 Å². The highest BCUT2D eigenvalue weighted by Crippen LogP contribution is 2.15. The van der Waals surface area contributed by atoms with E-state index in [1.807, 2.05) is 67.7 Å². The summed E-state index contributed by atoms with van der Waals surface area (Å²) >= 11 is 1.31. The fourth-order valence-electron chi connectivity index (χ4n) is 2.62. The quantitative estimate of drug-likeness (QED) is 0.528. The van der Waals surface area contributed by atoms with Crippen LogP contribution in [0.15, 0.2) is 65.8 Å². The van der Waals surface area contributed by atoms with Crippen molar-refractivity contribution in [3.05, 3.63) is 77.6 Å². The Bertz CT molecular complexity index is 944. The summed E-state index contributed by atoms with van der Waals surface area (Å²) in [4.78, 5) is 24.1. The largest absolute Gasteiger partial charge is 0.351 e. The Morgan fingerprint density at radius 1 is 0.862 bits per heavy atom. The lowest BCUT2D eigenvalue weighted by atomic mass is 10.1. The molecule has 3 aromatic rings. The molecule has 150 valence electrons. The molecule has 0 saturated heterocycles. The summed E-state index contributed by atoms with van der Waals surface area (Å²) in [7, 11) is 1.82. The topological polar surface area (TPSA) is 88.9 Å². The molecule has 7 nitrogen and oxygen atoms in total. The molecule has 0 spiro atoms. The van der Waals surface area contributed by atoms with Gasteiger partial charge >= 0.3 is 0 Å². The van der Waals surface area contributed by atoms with E-state index in [1.165, 1.54) is 11.8 Å². The normalized spacial score (nSPS) is 10.5. The summed E-state index contributed by atoms with van der Waals surface area (Å²) in [6.45, 7) is 0.785. The van der Waals surface area contributed by atoms with Crippen LogP contribution < -0.4 is 10.6 Å². The van der Waals surface area contributed by atoms with Gasteiger partial charge in [-0.1, -0.05) is 72.4 Å². The molecule has 0 radical (unpaired) electrons. The first-order chi connectivity index (χ1) is 14.1. The Hall–Kier alpha value is -3.13. The molecular formula is C21H23N5O2S. The standard InChI is InChI=1S/C21H23N5O2S/c1-26-18(14-23-19(27)12-16-8-4-2-5-9-16)24-25-21(26)29-15-20(28)22-13-17-10-6-3-7-11-17/h2-11H,12-15H2,1H3,(H,22,28)(H,23,27). The zero-order valence-electron chi connectivity index (χ0n) is 16.2. The molecule has 2 N–H and O–H groups in total. The van der Waals surface area contributed by atoms with Gasteiger partial charge in [0.05, 0.1) is 18.7 Å². The lowest BCUT2D eigenvalue weighted by Crippen LogP contribution is -2.26. The van der Waals surface area contributed by atoms with E-state index in [4.69, 9.17) is 0 Å². The SMILES string of the molecule is Cn1c(CNC(=O)Cc2ccccc2)nnc1SCC(=O)NCc1ccccc1. The second kappa shape index (κ2) is 10.4. The number of benzene rings is 2. The Labute approximate surface area is 173 Å². The molecule has 29 heavy (non-hydrogen) atoms. The molecule has 0 bridgehead atoms. The zero-order chi connectivity index (χ0) is 20.5. The number of nitrogens with one attached hydrogen (secondary N) is 2. The van der Waals surface area contributed by atoms with Gasteiger partial charge in [0.15, 0.2) is 11.0 Å². The van der Waals surface area contributed by atoms with E-state index in [0.717, 1.165) is 11.1 Å². The van der Waals surface area contributed by atoms with E-state index in [9.17, 15) is 9.59 Å². The molecule has 0 atom stereocenters. The number of nitrogens with zero attached hydrogens (tertiary/aromatic N) is 3. The predicted molar refractivity (Wildman–Crippen MR) is 112 cm³/mol. The van der Waals surface area contributed by atoms with E-state index in [-0.39, 0.29) is 24.1 Å². The van der Waals surface area contributed by atoms with Gasteiger partial charge in [-0.2, -0.15) is 0 Å². The maximum Gasteiger partial charge on any atom is 0.230 e. The van der Waals surface area contributed by atoms with Crippen molar-refractivity contribution in [1.82, 2.24) is 25.4 Å². The van der Waals surface area contributed by atoms with Gasteiger partial charge in [0, 0.05) is 13.6 Å². The van der Waals surface area contributed by atoms with Gasteiger partial charge in [-0.05, 0) is 11.1 Å². The van der Waals surface area contributed by atoms with E-state index < -0.39 is 0 Å². The van der Waals surface area contributed by atoms with Crippen LogP contribution in [0.25, 0.3) is 0 Å². The molecule has 2 amide bonds. The second-order valence-electron chi connectivity index (χ2n) is 6.45. The minimum Gasteiger partial charge on any atom is -0.351 e. The third-order valence-electron chi connectivity index (χ3n) is 4.24. The first-order valence-electron chi connectivity index (χ1n) is 9.24. The molecule has 0 fully saturated rings. The number of amides is 2. The van der Waals surface area contributed by atoms with Crippen LogP contribution in [0.3, 0.4) is 0 Å². The fraction of sp³-hybridized carbons (Fsp3) is 0.238. The van der Waals surface area contributed by atoms with Crippen molar-refractivity contribution in [3.8, 4) is 0 Å². The van der Waals surface area contributed by atoms with E-state index in [2.05, 4.69) is 20.8 Å². The highest BCUT2D eigenvalue weighted by molar-refractivity contribution is 7.99. The Morgan fingerprint density at radius 3 is 2.17 bits per heavy atom. The molecule has 0 aliphatic rings. The van der Waals surface area contributed by atoms with Crippen molar-refractivity contribution < 1.29 is 9.59 Å². The average Bonchev–Trinajstić information content (AvgIpc) is 3.10. The maximum atomic E-state index is 12.1. The minimum absolute atomic E-state index is 0.0698. The van der Waals surface area contributed by atoms with Crippen molar-refractivity contribution in [2.75, 3.05) is 5.75 Å². The summed E-state index contributed by atoms with van der Waals surface area (Å²) in [5.41, 5.74) is 2.01. The van der Waals surface area contributed by atoms with Crippen LogP contribution in [0.2, 0.25) is 0 Å². The fourth-order valence-corrected chi connectivity index (χ4v) is 3.38. The summed E-state index contributed by atoms with van der Waals surface area (Å²) < 4.78 is 1.79. The number of rotatable bonds is 9. The predicted octanol–water partition coefficient (Wildman–Crippen LogP) is 2.08. The van der Waals surface area contributed by atoms with Gasteiger partial charge in [0.1, 0.15) is 0 Å². The first kappa shape index (κ1) is 20.6. The Morgan fingerprint density at radius 2 is 1.48 bits per heavy atom. The van der Waals surface area contributed by atoms with Crippen LogP contribution in [0.1, 0.15) is 17.0 Å². The van der Waals surface area contributed by atoms with Crippen molar-refractivity contribution >= 4 is 23.6 Å². The smallest absolute Gasteiger partial charge is 0.230 e. The monoisotopic (exact) mass is 409 g/mol. The third-order valence-corrected chi connectivity index (χ3v) is 5.26. The molecular weight excluding hydrogens is 386 g/mol. The first-order valence-corrected chi connectivity index (χ1v) is 10.2. The lowest BCUT2D eigenvalue weighted by Gasteiger charge is -2.07. The van der Waals surface area contributed by atoms with Crippen LogP contribution >= 0.6 is 11.8 Å². The molecule has 0 aliphatic carbocycles.